The van der Waals surface area contributed by atoms with E-state index in [1.54, 1.807) is 42.9 Å². The second-order valence-corrected chi connectivity index (χ2v) is 3.45. The number of carbonyl (C=O) groups excluding carboxylic acids is 1. The summed E-state index contributed by atoms with van der Waals surface area (Å²) in [5, 5.41) is 0. The summed E-state index contributed by atoms with van der Waals surface area (Å²) in [5.74, 6) is 1.07. The second-order valence-electron chi connectivity index (χ2n) is 3.45. The molecule has 0 fully saturated rings. The van der Waals surface area contributed by atoms with Gasteiger partial charge in [0.05, 0.1) is 6.20 Å². The topological polar surface area (TPSA) is 52.1 Å². The summed E-state index contributed by atoms with van der Waals surface area (Å²) in [5.41, 5.74) is 0.612. The van der Waals surface area contributed by atoms with Gasteiger partial charge < -0.3 is 4.74 Å². The first-order chi connectivity index (χ1) is 8.29. The van der Waals surface area contributed by atoms with E-state index in [0.29, 0.717) is 23.6 Å². The summed E-state index contributed by atoms with van der Waals surface area (Å²) >= 11 is 0. The standard InChI is InChI=1S/C13H12N2O2/c1-2-12(16)10-5-7-15-13(8-10)17-11-4-3-6-14-9-11/h3-9H,2H2,1H3. The van der Waals surface area contributed by atoms with Gasteiger partial charge in [-0.2, -0.15) is 0 Å². The summed E-state index contributed by atoms with van der Waals surface area (Å²) in [6, 6.07) is 6.88. The molecule has 0 saturated carbocycles. The van der Waals surface area contributed by atoms with Gasteiger partial charge in [0.1, 0.15) is 5.75 Å². The van der Waals surface area contributed by atoms with Crippen molar-refractivity contribution in [2.45, 2.75) is 13.3 Å². The second kappa shape index (κ2) is 5.21. The number of carbonyl (C=O) groups is 1. The lowest BCUT2D eigenvalue weighted by Gasteiger charge is -2.04. The molecule has 0 aliphatic carbocycles. The SMILES string of the molecule is CCC(=O)c1ccnc(Oc2cccnc2)c1. The van der Waals surface area contributed by atoms with E-state index in [0.717, 1.165) is 0 Å². The van der Waals surface area contributed by atoms with Crippen LogP contribution in [0.2, 0.25) is 0 Å². The van der Waals surface area contributed by atoms with E-state index in [-0.39, 0.29) is 5.78 Å². The Labute approximate surface area is 99.3 Å². The number of hydrogen-bond donors (Lipinski definition) is 0. The fourth-order valence-corrected chi connectivity index (χ4v) is 1.37. The molecule has 0 bridgehead atoms. The molecule has 4 heteroatoms. The van der Waals surface area contributed by atoms with Crippen molar-refractivity contribution in [2.24, 2.45) is 0 Å². The van der Waals surface area contributed by atoms with Crippen LogP contribution in [-0.2, 0) is 0 Å². The number of pyridine rings is 2. The minimum atomic E-state index is 0.0726. The molecule has 0 N–H and O–H groups in total. The Hall–Kier alpha value is -2.23. The zero-order valence-electron chi connectivity index (χ0n) is 9.46. The Morgan fingerprint density at radius 1 is 1.35 bits per heavy atom. The average molecular weight is 228 g/mol. The third-order valence-corrected chi connectivity index (χ3v) is 2.23. The van der Waals surface area contributed by atoms with Crippen LogP contribution in [0.25, 0.3) is 0 Å². The number of Topliss-reactive ketones (excluding diaryl/α,β-unsaturated/α-hetero) is 1. The Morgan fingerprint density at radius 3 is 2.94 bits per heavy atom. The molecule has 86 valence electrons. The Morgan fingerprint density at radius 2 is 2.24 bits per heavy atom. The van der Waals surface area contributed by atoms with Crippen LogP contribution in [0.4, 0.5) is 0 Å². The lowest BCUT2D eigenvalue weighted by Crippen LogP contribution is -1.98. The Bertz CT molecular complexity index is 512. The molecule has 0 aliphatic rings. The number of aromatic nitrogens is 2. The highest BCUT2D eigenvalue weighted by Crippen LogP contribution is 2.18. The monoisotopic (exact) mass is 228 g/mol. The fraction of sp³-hybridized carbons (Fsp3) is 0.154. The van der Waals surface area contributed by atoms with Gasteiger partial charge in [-0.1, -0.05) is 6.92 Å². The minimum absolute atomic E-state index is 0.0726. The maximum absolute atomic E-state index is 11.5. The van der Waals surface area contributed by atoms with E-state index in [1.807, 2.05) is 6.92 Å². The summed E-state index contributed by atoms with van der Waals surface area (Å²) in [4.78, 5) is 19.5. The third-order valence-electron chi connectivity index (χ3n) is 2.23. The molecule has 0 atom stereocenters. The van der Waals surface area contributed by atoms with Crippen molar-refractivity contribution < 1.29 is 9.53 Å². The molecule has 4 nitrogen and oxygen atoms in total. The average Bonchev–Trinajstić information content (AvgIpc) is 2.39. The number of ether oxygens (including phenoxy) is 1. The van der Waals surface area contributed by atoms with Crippen LogP contribution in [-0.4, -0.2) is 15.8 Å². The van der Waals surface area contributed by atoms with Crippen LogP contribution in [0, 0.1) is 0 Å². The zero-order valence-corrected chi connectivity index (χ0v) is 9.46. The van der Waals surface area contributed by atoms with E-state index >= 15 is 0 Å². The molecule has 2 rings (SSSR count). The van der Waals surface area contributed by atoms with Crippen molar-refractivity contribution in [3.05, 3.63) is 48.4 Å². The van der Waals surface area contributed by atoms with Gasteiger partial charge in [-0.05, 0) is 18.2 Å². The van der Waals surface area contributed by atoms with Gasteiger partial charge in [0.2, 0.25) is 5.88 Å². The van der Waals surface area contributed by atoms with E-state index in [1.165, 1.54) is 0 Å². The molecule has 17 heavy (non-hydrogen) atoms. The molecule has 0 spiro atoms. The van der Waals surface area contributed by atoms with Crippen LogP contribution in [0.5, 0.6) is 11.6 Å². The molecule has 0 radical (unpaired) electrons. The van der Waals surface area contributed by atoms with Crippen molar-refractivity contribution in [3.63, 3.8) is 0 Å². The van der Waals surface area contributed by atoms with E-state index < -0.39 is 0 Å². The van der Waals surface area contributed by atoms with Crippen molar-refractivity contribution in [1.82, 2.24) is 9.97 Å². The first-order valence-corrected chi connectivity index (χ1v) is 5.36. The van der Waals surface area contributed by atoms with Crippen molar-refractivity contribution in [1.29, 1.82) is 0 Å². The highest BCUT2D eigenvalue weighted by atomic mass is 16.5. The van der Waals surface area contributed by atoms with E-state index in [2.05, 4.69) is 9.97 Å². The van der Waals surface area contributed by atoms with Crippen LogP contribution in [0.1, 0.15) is 23.7 Å². The lowest BCUT2D eigenvalue weighted by molar-refractivity contribution is 0.0987. The number of nitrogens with zero attached hydrogens (tertiary/aromatic N) is 2. The third kappa shape index (κ3) is 2.87. The number of ketones is 1. The highest BCUT2D eigenvalue weighted by molar-refractivity contribution is 5.95. The Balaban J connectivity index is 2.20. The number of hydrogen-bond acceptors (Lipinski definition) is 4. The van der Waals surface area contributed by atoms with Crippen LogP contribution < -0.4 is 4.74 Å². The maximum Gasteiger partial charge on any atom is 0.219 e. The molecule has 2 aromatic heterocycles. The molecule has 2 heterocycles. The van der Waals surface area contributed by atoms with Crippen LogP contribution in [0.3, 0.4) is 0 Å². The van der Waals surface area contributed by atoms with Gasteiger partial charge in [-0.25, -0.2) is 4.98 Å². The van der Waals surface area contributed by atoms with E-state index in [4.69, 9.17) is 4.74 Å². The summed E-state index contributed by atoms with van der Waals surface area (Å²) in [6.45, 7) is 1.82. The predicted octanol–water partition coefficient (Wildman–Crippen LogP) is 2.86. The zero-order chi connectivity index (χ0) is 12.1. The first-order valence-electron chi connectivity index (χ1n) is 5.36. The first kappa shape index (κ1) is 11.3. The lowest BCUT2D eigenvalue weighted by atomic mass is 10.1. The molecular formula is C13H12N2O2. The van der Waals surface area contributed by atoms with Crippen LogP contribution in [0.15, 0.2) is 42.9 Å². The van der Waals surface area contributed by atoms with Gasteiger partial charge in [-0.3, -0.25) is 9.78 Å². The molecule has 0 aromatic carbocycles. The highest BCUT2D eigenvalue weighted by Gasteiger charge is 2.05. The maximum atomic E-state index is 11.5. The van der Waals surface area contributed by atoms with Gasteiger partial charge in [-0.15, -0.1) is 0 Å². The van der Waals surface area contributed by atoms with Crippen molar-refractivity contribution in [3.8, 4) is 11.6 Å². The minimum Gasteiger partial charge on any atom is -0.437 e. The van der Waals surface area contributed by atoms with Gasteiger partial charge in [0, 0.05) is 30.4 Å². The smallest absolute Gasteiger partial charge is 0.219 e. The summed E-state index contributed by atoms with van der Waals surface area (Å²) < 4.78 is 5.49. The normalized spacial score (nSPS) is 9.94. The number of rotatable bonds is 4. The van der Waals surface area contributed by atoms with E-state index in [9.17, 15) is 4.79 Å². The van der Waals surface area contributed by atoms with Crippen molar-refractivity contribution in [2.75, 3.05) is 0 Å². The van der Waals surface area contributed by atoms with Gasteiger partial charge >= 0.3 is 0 Å². The quantitative estimate of drug-likeness (QED) is 0.755. The fourth-order valence-electron chi connectivity index (χ4n) is 1.37. The Kier molecular flexibility index (Phi) is 3.45. The molecule has 0 amide bonds. The summed E-state index contributed by atoms with van der Waals surface area (Å²) in [6.07, 6.45) is 5.29. The van der Waals surface area contributed by atoms with Crippen molar-refractivity contribution >= 4 is 5.78 Å². The predicted molar refractivity (Wildman–Crippen MR) is 63.2 cm³/mol. The molecular weight excluding hydrogens is 216 g/mol. The molecule has 0 unspecified atom stereocenters. The summed E-state index contributed by atoms with van der Waals surface area (Å²) in [7, 11) is 0. The molecule has 2 aromatic rings. The molecule has 0 saturated heterocycles. The molecule has 0 aliphatic heterocycles. The largest absolute Gasteiger partial charge is 0.437 e. The van der Waals surface area contributed by atoms with Gasteiger partial charge in [0.25, 0.3) is 0 Å². The van der Waals surface area contributed by atoms with Crippen LogP contribution >= 0.6 is 0 Å². The van der Waals surface area contributed by atoms with Gasteiger partial charge in [0.15, 0.2) is 5.78 Å².